The molecular formula is C38H58NO9+. The van der Waals surface area contributed by atoms with E-state index in [1.54, 1.807) is 27.7 Å². The maximum Gasteiger partial charge on any atom is 0.477 e. The zero-order valence-corrected chi connectivity index (χ0v) is 30.3. The van der Waals surface area contributed by atoms with Crippen molar-refractivity contribution in [3.8, 4) is 0 Å². The summed E-state index contributed by atoms with van der Waals surface area (Å²) in [6, 6.07) is 0. The largest absolute Gasteiger partial charge is 0.492 e. The van der Waals surface area contributed by atoms with E-state index in [0.29, 0.717) is 59.5 Å². The average Bonchev–Trinajstić information content (AvgIpc) is 3.07. The highest BCUT2D eigenvalue weighted by atomic mass is 17.0. The van der Waals surface area contributed by atoms with E-state index >= 15 is 0 Å². The summed E-state index contributed by atoms with van der Waals surface area (Å²) in [5, 5.41) is 0.240. The van der Waals surface area contributed by atoms with Crippen LogP contribution >= 0.6 is 0 Å². The Hall–Kier alpha value is -3.56. The molecule has 0 saturated heterocycles. The number of rotatable bonds is 26. The van der Waals surface area contributed by atoms with Gasteiger partial charge in [-0.25, -0.2) is 0 Å². The summed E-state index contributed by atoms with van der Waals surface area (Å²) >= 11 is 0. The van der Waals surface area contributed by atoms with Gasteiger partial charge in [-0.1, -0.05) is 64.2 Å². The molecule has 0 unspecified atom stereocenters. The van der Waals surface area contributed by atoms with Crippen molar-refractivity contribution >= 4 is 23.1 Å². The Balaban J connectivity index is 1.36. The lowest BCUT2D eigenvalue weighted by Crippen LogP contribution is -2.22. The fourth-order valence-corrected chi connectivity index (χ4v) is 6.29. The minimum Gasteiger partial charge on any atom is -0.492 e. The van der Waals surface area contributed by atoms with Crippen molar-refractivity contribution in [1.29, 1.82) is 0 Å². The van der Waals surface area contributed by atoms with Crippen molar-refractivity contribution in [2.45, 2.75) is 143 Å². The van der Waals surface area contributed by atoms with E-state index in [4.69, 9.17) is 19.1 Å². The second kappa shape index (κ2) is 22.1. The number of carbonyl (C=O) groups is 4. The zero-order chi connectivity index (χ0) is 35.5. The van der Waals surface area contributed by atoms with Gasteiger partial charge < -0.3 is 9.47 Å². The molecule has 268 valence electrons. The minimum absolute atomic E-state index is 0.0698. The van der Waals surface area contributed by atoms with Crippen LogP contribution in [0.4, 0.5) is 0 Å². The highest BCUT2D eigenvalue weighted by Gasteiger charge is 2.31. The fraction of sp³-hybridized carbons (Fsp3) is 0.684. The third kappa shape index (κ3) is 12.5. The number of ketones is 4. The molecule has 0 aromatic heterocycles. The molecule has 0 radical (unpaired) electrons. The molecule has 10 heteroatoms. The Morgan fingerprint density at radius 3 is 1.02 bits per heavy atom. The molecule has 48 heavy (non-hydrogen) atoms. The molecular weight excluding hydrogens is 614 g/mol. The van der Waals surface area contributed by atoms with Crippen molar-refractivity contribution in [2.24, 2.45) is 0 Å². The van der Waals surface area contributed by atoms with Gasteiger partial charge in [0.15, 0.2) is 36.3 Å². The summed E-state index contributed by atoms with van der Waals surface area (Å²) in [5.74, 6) is -0.159. The molecule has 0 fully saturated rings. The number of unbranched alkanes of at least 4 members (excludes halogenated alkanes) is 14. The zero-order valence-electron chi connectivity index (χ0n) is 30.3. The second-order valence-electron chi connectivity index (χ2n) is 12.9. The molecule has 0 bridgehead atoms. The third-order valence-corrected chi connectivity index (χ3v) is 9.35. The first kappa shape index (κ1) is 40.6. The van der Waals surface area contributed by atoms with E-state index < -0.39 is 0 Å². The summed E-state index contributed by atoms with van der Waals surface area (Å²) in [6.45, 7) is 7.42. The van der Waals surface area contributed by atoms with Gasteiger partial charge in [-0.3, -0.25) is 19.2 Å². The highest BCUT2D eigenvalue weighted by molar-refractivity contribution is 6.24. The van der Waals surface area contributed by atoms with Crippen LogP contribution in [0.2, 0.25) is 0 Å². The number of ether oxygens (including phenoxy) is 2. The smallest absolute Gasteiger partial charge is 0.477 e. The summed E-state index contributed by atoms with van der Waals surface area (Å²) in [4.78, 5) is 71.9. The number of allylic oxidation sites excluding steroid dienone is 6. The molecule has 2 aliphatic carbocycles. The molecule has 2 aliphatic rings. The number of hydrogen-bond donors (Lipinski definition) is 0. The molecule has 0 saturated carbocycles. The fourth-order valence-electron chi connectivity index (χ4n) is 6.29. The van der Waals surface area contributed by atoms with Gasteiger partial charge in [0.05, 0.1) is 14.2 Å². The predicted molar refractivity (Wildman–Crippen MR) is 183 cm³/mol. The number of methoxy groups -OCH3 is 2. The van der Waals surface area contributed by atoms with Crippen molar-refractivity contribution in [2.75, 3.05) is 27.4 Å². The molecule has 0 amide bonds. The molecule has 0 aromatic carbocycles. The van der Waals surface area contributed by atoms with Crippen LogP contribution in [0.5, 0.6) is 0 Å². The molecule has 0 spiro atoms. The van der Waals surface area contributed by atoms with E-state index in [9.17, 15) is 24.1 Å². The van der Waals surface area contributed by atoms with Crippen molar-refractivity contribution in [1.82, 2.24) is 0 Å². The van der Waals surface area contributed by atoms with Crippen LogP contribution in [0.25, 0.3) is 0 Å². The second-order valence-corrected chi connectivity index (χ2v) is 12.9. The number of carbonyl (C=O) groups excluding carboxylic acids is 4. The van der Waals surface area contributed by atoms with Gasteiger partial charge in [0.25, 0.3) is 0 Å². The molecule has 0 atom stereocenters. The van der Waals surface area contributed by atoms with Crippen molar-refractivity contribution < 1.29 is 43.4 Å². The third-order valence-electron chi connectivity index (χ3n) is 9.35. The maximum absolute atomic E-state index is 12.6. The Morgan fingerprint density at radius 1 is 0.417 bits per heavy atom. The van der Waals surface area contributed by atoms with E-state index in [-0.39, 0.29) is 39.7 Å². The van der Waals surface area contributed by atoms with Crippen LogP contribution in [0, 0.1) is 4.91 Å². The summed E-state index contributed by atoms with van der Waals surface area (Å²) in [7, 11) is 2.85. The topological polar surface area (TPSA) is 125 Å². The van der Waals surface area contributed by atoms with Gasteiger partial charge in [0.2, 0.25) is 11.6 Å². The van der Waals surface area contributed by atoms with Crippen molar-refractivity contribution in [3.63, 3.8) is 0 Å². The monoisotopic (exact) mass is 672 g/mol. The van der Waals surface area contributed by atoms with Crippen LogP contribution in [-0.4, -0.2) is 55.7 Å². The van der Waals surface area contributed by atoms with E-state index in [1.165, 1.54) is 14.2 Å². The molecule has 0 aliphatic heterocycles. The van der Waals surface area contributed by atoms with Crippen LogP contribution < -0.4 is 0 Å². The van der Waals surface area contributed by atoms with Crippen LogP contribution in [-0.2, 0) is 38.3 Å². The number of Topliss-reactive ketones (excluding diaryl/α,β-unsaturated/α-hetero) is 4. The lowest BCUT2D eigenvalue weighted by atomic mass is 9.86. The maximum atomic E-state index is 12.6. The van der Waals surface area contributed by atoms with Crippen molar-refractivity contribution in [3.05, 3.63) is 49.9 Å². The minimum atomic E-state index is -0.178. The lowest BCUT2D eigenvalue weighted by molar-refractivity contribution is -0.981. The van der Waals surface area contributed by atoms with Crippen LogP contribution in [0.1, 0.15) is 143 Å². The van der Waals surface area contributed by atoms with E-state index in [2.05, 4.69) is 0 Å². The van der Waals surface area contributed by atoms with Gasteiger partial charge in [0.1, 0.15) is 4.91 Å². The average molecular weight is 673 g/mol. The SMILES string of the molecule is COC1=C(C)C(=O)C(CCCCCCCCCCO[N+](=O)OCCCCCCCCCCC2=C(C)C(=O)C(OC)=C(C)C2=O)=C(C)C1=O. The molecule has 10 nitrogen and oxygen atoms in total. The Kier molecular flexibility index (Phi) is 18.7. The van der Waals surface area contributed by atoms with Gasteiger partial charge >= 0.3 is 5.09 Å². The molecule has 0 aromatic rings. The standard InChI is InChI=1S/C38H58NO9/c1-27-31(33(40)29(3)37(45-5)35(27)42)23-19-15-11-7-9-13-17-21-25-47-39(44)48-26-22-18-14-10-8-12-16-20-24-32-28(2)36(43)38(46-6)30(4)34(32)41/h7-26H2,1-6H3/q+1. The Morgan fingerprint density at radius 2 is 0.708 bits per heavy atom. The first-order valence-electron chi connectivity index (χ1n) is 17.9. The number of nitrogens with zero attached hydrogens (tertiary/aromatic N) is 1. The normalized spacial score (nSPS) is 15.6. The molecule has 2 rings (SSSR count). The number of hydrogen-bond acceptors (Lipinski definition) is 9. The summed E-state index contributed by atoms with van der Waals surface area (Å²) < 4.78 is 10.2. The van der Waals surface area contributed by atoms with E-state index in [0.717, 1.165) is 103 Å². The van der Waals surface area contributed by atoms with Crippen LogP contribution in [0.15, 0.2) is 45.0 Å². The van der Waals surface area contributed by atoms with Gasteiger partial charge in [-0.05, 0) is 79.1 Å². The quantitative estimate of drug-likeness (QED) is 0.0506. The van der Waals surface area contributed by atoms with Gasteiger partial charge in [0, 0.05) is 33.4 Å². The van der Waals surface area contributed by atoms with E-state index in [1.807, 2.05) is 0 Å². The highest BCUT2D eigenvalue weighted by Crippen LogP contribution is 2.29. The summed E-state index contributed by atoms with van der Waals surface area (Å²) in [5.41, 5.74) is 3.09. The first-order valence-corrected chi connectivity index (χ1v) is 17.9. The van der Waals surface area contributed by atoms with Gasteiger partial charge in [-0.15, -0.1) is 0 Å². The first-order chi connectivity index (χ1) is 23.1. The Bertz CT molecular complexity index is 1190. The molecule has 0 N–H and O–H groups in total. The van der Waals surface area contributed by atoms with Gasteiger partial charge in [-0.2, -0.15) is 9.68 Å². The predicted octanol–water partition coefficient (Wildman–Crippen LogP) is 8.43. The summed E-state index contributed by atoms with van der Waals surface area (Å²) in [6.07, 6.45) is 17.5. The Labute approximate surface area is 286 Å². The lowest BCUT2D eigenvalue weighted by Gasteiger charge is -2.19. The molecule has 0 heterocycles. The van der Waals surface area contributed by atoms with Crippen LogP contribution in [0.3, 0.4) is 0 Å².